The van der Waals surface area contributed by atoms with Gasteiger partial charge in [0.1, 0.15) is 5.82 Å². The predicted molar refractivity (Wildman–Crippen MR) is 47.5 cm³/mol. The van der Waals surface area contributed by atoms with Crippen LogP contribution < -0.4 is 0 Å². The van der Waals surface area contributed by atoms with Gasteiger partial charge in [0.25, 0.3) is 0 Å². The van der Waals surface area contributed by atoms with Gasteiger partial charge in [-0.2, -0.15) is 4.98 Å². The Balaban J connectivity index is 2.13. The van der Waals surface area contributed by atoms with Crippen LogP contribution in [-0.4, -0.2) is 10.1 Å². The van der Waals surface area contributed by atoms with Gasteiger partial charge in [0.05, 0.1) is 0 Å². The molecule has 0 unspecified atom stereocenters. The Hall–Kier alpha value is -0.640. The van der Waals surface area contributed by atoms with Crippen LogP contribution in [0.25, 0.3) is 0 Å². The standard InChI is InChI=1S/C8H12N2OS/c12-8-9-7(10-11-8)6-4-2-1-3-5-6/h6H,1-5H2,(H,9,10,12). The highest BCUT2D eigenvalue weighted by atomic mass is 32.1. The van der Waals surface area contributed by atoms with Gasteiger partial charge >= 0.3 is 4.84 Å². The van der Waals surface area contributed by atoms with E-state index in [0.717, 1.165) is 5.82 Å². The quantitative estimate of drug-likeness (QED) is 0.682. The second-order valence-corrected chi connectivity index (χ2v) is 3.65. The molecule has 66 valence electrons. The molecule has 0 radical (unpaired) electrons. The topological polar surface area (TPSA) is 41.8 Å². The molecular weight excluding hydrogens is 172 g/mol. The first-order valence-electron chi connectivity index (χ1n) is 4.41. The number of rotatable bonds is 1. The third kappa shape index (κ3) is 1.58. The van der Waals surface area contributed by atoms with Crippen molar-refractivity contribution in [2.24, 2.45) is 0 Å². The lowest BCUT2D eigenvalue weighted by molar-refractivity contribution is 0.373. The van der Waals surface area contributed by atoms with E-state index in [9.17, 15) is 0 Å². The summed E-state index contributed by atoms with van der Waals surface area (Å²) in [5, 5.41) is 2.78. The lowest BCUT2D eigenvalue weighted by Crippen LogP contribution is -2.05. The van der Waals surface area contributed by atoms with E-state index in [-0.39, 0.29) is 0 Å². The summed E-state index contributed by atoms with van der Waals surface area (Å²) < 4.78 is 4.90. The van der Waals surface area contributed by atoms with E-state index in [4.69, 9.17) is 16.7 Å². The van der Waals surface area contributed by atoms with E-state index in [2.05, 4.69) is 10.1 Å². The predicted octanol–water partition coefficient (Wildman–Crippen LogP) is 2.78. The van der Waals surface area contributed by atoms with Gasteiger partial charge in [0, 0.05) is 5.92 Å². The van der Waals surface area contributed by atoms with E-state index in [0.29, 0.717) is 10.8 Å². The second kappa shape index (κ2) is 3.39. The Morgan fingerprint density at radius 3 is 2.67 bits per heavy atom. The molecule has 0 aliphatic heterocycles. The number of aromatic amines is 1. The summed E-state index contributed by atoms with van der Waals surface area (Å²) in [5.74, 6) is 1.50. The minimum Gasteiger partial charge on any atom is -0.348 e. The molecule has 0 bridgehead atoms. The van der Waals surface area contributed by atoms with Crippen LogP contribution in [0.1, 0.15) is 43.8 Å². The molecule has 1 aliphatic rings. The summed E-state index contributed by atoms with van der Waals surface area (Å²) in [4.78, 5) is 4.46. The van der Waals surface area contributed by atoms with Crippen molar-refractivity contribution in [1.29, 1.82) is 0 Å². The Kier molecular flexibility index (Phi) is 2.26. The highest BCUT2D eigenvalue weighted by molar-refractivity contribution is 7.71. The number of H-pyrrole nitrogens is 1. The number of hydrogen-bond donors (Lipinski definition) is 1. The molecule has 1 aromatic heterocycles. The molecule has 1 fully saturated rings. The van der Waals surface area contributed by atoms with Crippen molar-refractivity contribution in [3.05, 3.63) is 10.7 Å². The van der Waals surface area contributed by atoms with Crippen molar-refractivity contribution in [3.63, 3.8) is 0 Å². The van der Waals surface area contributed by atoms with Crippen LogP contribution in [0.3, 0.4) is 0 Å². The third-order valence-corrected chi connectivity index (χ3v) is 2.62. The average molecular weight is 184 g/mol. The van der Waals surface area contributed by atoms with Crippen LogP contribution in [0.2, 0.25) is 0 Å². The minimum absolute atomic E-state index is 0.329. The molecule has 1 saturated carbocycles. The second-order valence-electron chi connectivity index (χ2n) is 3.30. The molecule has 0 amide bonds. The lowest BCUT2D eigenvalue weighted by Gasteiger charge is -2.18. The third-order valence-electron chi connectivity index (χ3n) is 2.45. The van der Waals surface area contributed by atoms with Crippen LogP contribution >= 0.6 is 12.2 Å². The average Bonchev–Trinajstić information content (AvgIpc) is 2.54. The SMILES string of the molecule is S=c1nc(C2CCCCC2)[nH]o1. The van der Waals surface area contributed by atoms with E-state index in [1.54, 1.807) is 0 Å². The summed E-state index contributed by atoms with van der Waals surface area (Å²) in [5.41, 5.74) is 0. The summed E-state index contributed by atoms with van der Waals surface area (Å²) >= 11 is 4.79. The van der Waals surface area contributed by atoms with E-state index >= 15 is 0 Å². The molecule has 0 aromatic carbocycles. The molecule has 0 atom stereocenters. The van der Waals surface area contributed by atoms with Gasteiger partial charge in [-0.05, 0) is 25.1 Å². The largest absolute Gasteiger partial charge is 0.348 e. The van der Waals surface area contributed by atoms with E-state index in [1.165, 1.54) is 32.1 Å². The Morgan fingerprint density at radius 2 is 2.08 bits per heavy atom. The van der Waals surface area contributed by atoms with Crippen molar-refractivity contribution in [2.75, 3.05) is 0 Å². The first-order valence-corrected chi connectivity index (χ1v) is 4.82. The van der Waals surface area contributed by atoms with Crippen LogP contribution in [0.4, 0.5) is 0 Å². The molecule has 0 saturated heterocycles. The zero-order chi connectivity index (χ0) is 8.39. The number of nitrogens with zero attached hydrogens (tertiary/aromatic N) is 1. The minimum atomic E-state index is 0.329. The molecule has 4 heteroatoms. The van der Waals surface area contributed by atoms with Gasteiger partial charge in [-0.3, -0.25) is 0 Å². The highest BCUT2D eigenvalue weighted by Crippen LogP contribution is 2.30. The smallest absolute Gasteiger partial charge is 0.314 e. The molecule has 2 rings (SSSR count). The van der Waals surface area contributed by atoms with Gasteiger partial charge < -0.3 is 4.52 Å². The van der Waals surface area contributed by atoms with Crippen molar-refractivity contribution < 1.29 is 4.52 Å². The molecule has 1 heterocycles. The molecular formula is C8H12N2OS. The maximum atomic E-state index is 4.90. The summed E-state index contributed by atoms with van der Waals surface area (Å²) in [6.07, 6.45) is 6.40. The van der Waals surface area contributed by atoms with Crippen LogP contribution in [0.5, 0.6) is 0 Å². The van der Waals surface area contributed by atoms with Gasteiger partial charge in [0.15, 0.2) is 0 Å². The van der Waals surface area contributed by atoms with Crippen LogP contribution in [0.15, 0.2) is 4.52 Å². The van der Waals surface area contributed by atoms with Crippen molar-refractivity contribution >= 4 is 12.2 Å². The summed E-state index contributed by atoms with van der Waals surface area (Å²) in [6, 6.07) is 0. The molecule has 3 nitrogen and oxygen atoms in total. The van der Waals surface area contributed by atoms with E-state index < -0.39 is 0 Å². The Bertz CT molecular complexity index is 298. The zero-order valence-corrected chi connectivity index (χ0v) is 7.69. The monoisotopic (exact) mass is 184 g/mol. The van der Waals surface area contributed by atoms with Crippen LogP contribution in [-0.2, 0) is 0 Å². The van der Waals surface area contributed by atoms with Crippen molar-refractivity contribution in [2.45, 2.75) is 38.0 Å². The van der Waals surface area contributed by atoms with E-state index in [1.807, 2.05) is 0 Å². The Morgan fingerprint density at radius 1 is 1.33 bits per heavy atom. The fraction of sp³-hybridized carbons (Fsp3) is 0.750. The first kappa shape index (κ1) is 7.98. The van der Waals surface area contributed by atoms with Crippen molar-refractivity contribution in [3.8, 4) is 0 Å². The summed E-state index contributed by atoms with van der Waals surface area (Å²) in [6.45, 7) is 0. The molecule has 1 N–H and O–H groups in total. The summed E-state index contributed by atoms with van der Waals surface area (Å²) in [7, 11) is 0. The first-order chi connectivity index (χ1) is 5.86. The number of nitrogens with one attached hydrogen (secondary N) is 1. The fourth-order valence-corrected chi connectivity index (χ4v) is 1.93. The van der Waals surface area contributed by atoms with Gasteiger partial charge in [-0.15, -0.1) is 0 Å². The van der Waals surface area contributed by atoms with Gasteiger partial charge in [-0.1, -0.05) is 19.3 Å². The molecule has 1 aliphatic carbocycles. The Labute approximate surface area is 76.2 Å². The fourth-order valence-electron chi connectivity index (χ4n) is 1.79. The highest BCUT2D eigenvalue weighted by Gasteiger charge is 2.18. The number of aromatic nitrogens is 2. The van der Waals surface area contributed by atoms with Crippen LogP contribution in [0, 0.1) is 4.84 Å². The maximum Gasteiger partial charge on any atom is 0.314 e. The molecule has 1 aromatic rings. The maximum absolute atomic E-state index is 4.90. The molecule has 12 heavy (non-hydrogen) atoms. The van der Waals surface area contributed by atoms with Gasteiger partial charge in [0.2, 0.25) is 0 Å². The lowest BCUT2D eigenvalue weighted by atomic mass is 9.89. The normalized spacial score (nSPS) is 19.7. The van der Waals surface area contributed by atoms with Gasteiger partial charge in [-0.25, -0.2) is 5.16 Å². The number of hydrogen-bond acceptors (Lipinski definition) is 3. The molecule has 0 spiro atoms. The van der Waals surface area contributed by atoms with Crippen molar-refractivity contribution in [1.82, 2.24) is 10.1 Å². The zero-order valence-electron chi connectivity index (χ0n) is 6.88.